The number of rotatable bonds is 10. The van der Waals surface area contributed by atoms with Crippen molar-refractivity contribution in [2.24, 2.45) is 5.10 Å². The molecule has 0 aliphatic carbocycles. The minimum atomic E-state index is -4.01. The van der Waals surface area contributed by atoms with Gasteiger partial charge < -0.3 is 4.74 Å². The summed E-state index contributed by atoms with van der Waals surface area (Å²) in [5.74, 6) is -0.0116. The summed E-state index contributed by atoms with van der Waals surface area (Å²) in [6, 6.07) is 9.15. The highest BCUT2D eigenvalue weighted by Crippen LogP contribution is 2.29. The van der Waals surface area contributed by atoms with Crippen LogP contribution in [0.25, 0.3) is 0 Å². The van der Waals surface area contributed by atoms with E-state index in [-0.39, 0.29) is 35.1 Å². The lowest BCUT2D eigenvalue weighted by Crippen LogP contribution is -2.31. The molecule has 0 bridgehead atoms. The van der Waals surface area contributed by atoms with Crippen molar-refractivity contribution in [2.75, 3.05) is 18.5 Å². The number of benzene rings is 2. The first-order valence-corrected chi connectivity index (χ1v) is 10.7. The molecule has 168 valence electrons. The molecule has 0 fully saturated rings. The number of nitrogens with zero attached hydrogens (tertiary/aromatic N) is 3. The summed E-state index contributed by atoms with van der Waals surface area (Å²) in [7, 11) is -4.01. The van der Waals surface area contributed by atoms with Crippen molar-refractivity contribution in [3.05, 3.63) is 58.1 Å². The number of sulfonamides is 1. The van der Waals surface area contributed by atoms with E-state index in [9.17, 15) is 27.3 Å². The maximum Gasteiger partial charge on any atom is 0.387 e. The van der Waals surface area contributed by atoms with E-state index in [4.69, 9.17) is 0 Å². The SMILES string of the molecule is CCN(CC)S(=O)(=O)c1cc([N+](=O)[O-])ccc1NN=C(C)c1ccc(OC(F)F)cc1. The van der Waals surface area contributed by atoms with Gasteiger partial charge in [-0.3, -0.25) is 15.5 Å². The van der Waals surface area contributed by atoms with Crippen LogP contribution in [-0.4, -0.2) is 43.1 Å². The molecule has 0 saturated heterocycles. The Morgan fingerprint density at radius 1 is 1.19 bits per heavy atom. The van der Waals surface area contributed by atoms with Crippen LogP contribution in [-0.2, 0) is 10.0 Å². The van der Waals surface area contributed by atoms with Gasteiger partial charge >= 0.3 is 6.61 Å². The number of nitro benzene ring substituents is 1. The van der Waals surface area contributed by atoms with Crippen LogP contribution in [0.4, 0.5) is 20.2 Å². The predicted octanol–water partition coefficient (Wildman–Crippen LogP) is 4.06. The van der Waals surface area contributed by atoms with E-state index < -0.39 is 21.6 Å². The van der Waals surface area contributed by atoms with Gasteiger partial charge in [0.2, 0.25) is 10.0 Å². The van der Waals surface area contributed by atoms with Gasteiger partial charge in [-0.15, -0.1) is 0 Å². The number of ether oxygens (including phenoxy) is 1. The molecular formula is C19H22F2N4O5S. The molecular weight excluding hydrogens is 434 g/mol. The second kappa shape index (κ2) is 10.3. The number of nitro groups is 1. The van der Waals surface area contributed by atoms with Crippen molar-refractivity contribution >= 4 is 27.1 Å². The molecule has 2 rings (SSSR count). The highest BCUT2D eigenvalue weighted by atomic mass is 32.2. The average molecular weight is 456 g/mol. The number of anilines is 1. The van der Waals surface area contributed by atoms with Gasteiger partial charge in [-0.25, -0.2) is 8.42 Å². The van der Waals surface area contributed by atoms with Gasteiger partial charge in [-0.2, -0.15) is 18.2 Å². The Morgan fingerprint density at radius 2 is 1.81 bits per heavy atom. The molecule has 31 heavy (non-hydrogen) atoms. The van der Waals surface area contributed by atoms with Crippen LogP contribution in [0.1, 0.15) is 26.3 Å². The number of halogens is 2. The van der Waals surface area contributed by atoms with E-state index >= 15 is 0 Å². The van der Waals surface area contributed by atoms with Gasteiger partial charge in [0, 0.05) is 25.2 Å². The second-order valence-electron chi connectivity index (χ2n) is 6.24. The highest BCUT2D eigenvalue weighted by Gasteiger charge is 2.27. The topological polar surface area (TPSA) is 114 Å². The third-order valence-corrected chi connectivity index (χ3v) is 6.43. The lowest BCUT2D eigenvalue weighted by Gasteiger charge is -2.20. The number of hydrazone groups is 1. The minimum absolute atomic E-state index is 0.0116. The van der Waals surface area contributed by atoms with Crippen molar-refractivity contribution < 1.29 is 26.9 Å². The first-order valence-electron chi connectivity index (χ1n) is 9.24. The number of hydrogen-bond donors (Lipinski definition) is 1. The Kier molecular flexibility index (Phi) is 8.00. The van der Waals surface area contributed by atoms with Gasteiger partial charge in [0.25, 0.3) is 5.69 Å². The summed E-state index contributed by atoms with van der Waals surface area (Å²) in [6.45, 7) is 2.40. The zero-order valence-electron chi connectivity index (χ0n) is 17.1. The zero-order valence-corrected chi connectivity index (χ0v) is 17.9. The molecule has 0 amide bonds. The quantitative estimate of drug-likeness (QED) is 0.328. The van der Waals surface area contributed by atoms with Crippen molar-refractivity contribution in [2.45, 2.75) is 32.3 Å². The van der Waals surface area contributed by atoms with Crippen molar-refractivity contribution in [1.82, 2.24) is 4.31 Å². The van der Waals surface area contributed by atoms with Crippen LogP contribution < -0.4 is 10.2 Å². The third kappa shape index (κ3) is 5.95. The summed E-state index contributed by atoms with van der Waals surface area (Å²) in [5.41, 5.74) is 3.33. The predicted molar refractivity (Wildman–Crippen MR) is 112 cm³/mol. The van der Waals surface area contributed by atoms with Crippen LogP contribution in [0, 0.1) is 10.1 Å². The van der Waals surface area contributed by atoms with E-state index in [1.165, 1.54) is 40.7 Å². The molecule has 2 aromatic rings. The Morgan fingerprint density at radius 3 is 2.32 bits per heavy atom. The molecule has 12 heteroatoms. The highest BCUT2D eigenvalue weighted by molar-refractivity contribution is 7.89. The zero-order chi connectivity index (χ0) is 23.2. The summed E-state index contributed by atoms with van der Waals surface area (Å²) in [4.78, 5) is 10.2. The summed E-state index contributed by atoms with van der Waals surface area (Å²) in [6.07, 6.45) is 0. The third-order valence-electron chi connectivity index (χ3n) is 4.34. The lowest BCUT2D eigenvalue weighted by atomic mass is 10.1. The van der Waals surface area contributed by atoms with Crippen LogP contribution in [0.5, 0.6) is 5.75 Å². The summed E-state index contributed by atoms with van der Waals surface area (Å²) < 4.78 is 55.9. The van der Waals surface area contributed by atoms with Gasteiger partial charge in [0.1, 0.15) is 10.6 Å². The Hall–Kier alpha value is -3.12. The molecule has 0 unspecified atom stereocenters. The first-order chi connectivity index (χ1) is 14.6. The Labute approximate surface area is 178 Å². The molecule has 2 aromatic carbocycles. The van der Waals surface area contributed by atoms with Crippen LogP contribution in [0.3, 0.4) is 0 Å². The first kappa shape index (κ1) is 24.2. The Balaban J connectivity index is 2.38. The minimum Gasteiger partial charge on any atom is -0.435 e. The fourth-order valence-electron chi connectivity index (χ4n) is 2.72. The number of hydrogen-bond acceptors (Lipinski definition) is 7. The number of alkyl halides is 2. The molecule has 0 aliphatic rings. The molecule has 0 aliphatic heterocycles. The maximum atomic E-state index is 13.0. The average Bonchev–Trinajstić information content (AvgIpc) is 2.72. The largest absolute Gasteiger partial charge is 0.435 e. The summed E-state index contributed by atoms with van der Waals surface area (Å²) >= 11 is 0. The second-order valence-corrected chi connectivity index (χ2v) is 8.15. The summed E-state index contributed by atoms with van der Waals surface area (Å²) in [5, 5.41) is 15.3. The van der Waals surface area contributed by atoms with E-state index in [1.54, 1.807) is 20.8 Å². The molecule has 9 nitrogen and oxygen atoms in total. The standard InChI is InChI=1S/C19H22F2N4O5S/c1-4-24(5-2)31(28,29)18-12-15(25(26)27)8-11-17(18)23-22-13(3)14-6-9-16(10-7-14)30-19(20)21/h6-12,19,23H,4-5H2,1-3H3. The van der Waals surface area contributed by atoms with Crippen molar-refractivity contribution in [3.8, 4) is 5.75 Å². The molecule has 0 atom stereocenters. The van der Waals surface area contributed by atoms with Crippen molar-refractivity contribution in [3.63, 3.8) is 0 Å². The Bertz CT molecular complexity index is 1060. The lowest BCUT2D eigenvalue weighted by molar-refractivity contribution is -0.385. The monoisotopic (exact) mass is 456 g/mol. The fraction of sp³-hybridized carbons (Fsp3) is 0.316. The maximum absolute atomic E-state index is 13.0. The van der Waals surface area contributed by atoms with E-state index in [1.807, 2.05) is 0 Å². The van der Waals surface area contributed by atoms with Gasteiger partial charge in [-0.1, -0.05) is 13.8 Å². The van der Waals surface area contributed by atoms with E-state index in [0.29, 0.717) is 11.3 Å². The molecule has 0 saturated carbocycles. The van der Waals surface area contributed by atoms with E-state index in [2.05, 4.69) is 15.3 Å². The fourth-order valence-corrected chi connectivity index (χ4v) is 4.34. The van der Waals surface area contributed by atoms with Crippen molar-refractivity contribution in [1.29, 1.82) is 0 Å². The van der Waals surface area contributed by atoms with Gasteiger partial charge in [0.15, 0.2) is 0 Å². The van der Waals surface area contributed by atoms with Crippen LogP contribution in [0.15, 0.2) is 52.5 Å². The number of nitrogens with one attached hydrogen (secondary N) is 1. The number of non-ortho nitro benzene ring substituents is 1. The van der Waals surface area contributed by atoms with Gasteiger partial charge in [-0.05, 0) is 42.8 Å². The normalized spacial score (nSPS) is 12.3. The molecule has 0 spiro atoms. The molecule has 0 heterocycles. The van der Waals surface area contributed by atoms with Gasteiger partial charge in [0.05, 0.1) is 16.3 Å². The molecule has 0 aromatic heterocycles. The van der Waals surface area contributed by atoms with E-state index in [0.717, 1.165) is 6.07 Å². The molecule has 1 N–H and O–H groups in total. The van der Waals surface area contributed by atoms with Crippen LogP contribution in [0.2, 0.25) is 0 Å². The van der Waals surface area contributed by atoms with Crippen LogP contribution >= 0.6 is 0 Å². The smallest absolute Gasteiger partial charge is 0.387 e. The molecule has 0 radical (unpaired) electrons.